The normalized spacial score (nSPS) is 24.3. The maximum atomic E-state index is 9.13. The Kier molecular flexibility index (Phi) is 3.82. The molecule has 0 saturated carbocycles. The third-order valence-corrected chi connectivity index (χ3v) is 3.67. The molecule has 1 fully saturated rings. The Morgan fingerprint density at radius 1 is 1.56 bits per heavy atom. The number of aromatic nitrogens is 2. The maximum Gasteiger partial charge on any atom is 0.225 e. The van der Waals surface area contributed by atoms with E-state index in [1.807, 2.05) is 6.92 Å². The van der Waals surface area contributed by atoms with Gasteiger partial charge < -0.3 is 14.7 Å². The summed E-state index contributed by atoms with van der Waals surface area (Å²) >= 11 is 0. The van der Waals surface area contributed by atoms with E-state index < -0.39 is 0 Å². The average molecular weight is 251 g/mol. The molecule has 1 aromatic rings. The minimum atomic E-state index is -0.120. The molecule has 0 aliphatic carbocycles. The Hall–Kier alpha value is -1.20. The van der Waals surface area contributed by atoms with Crippen molar-refractivity contribution in [2.24, 2.45) is 0 Å². The molecule has 1 aliphatic heterocycles. The van der Waals surface area contributed by atoms with Crippen molar-refractivity contribution >= 4 is 5.95 Å². The SMILES string of the molecule is COC1(C)CCCN(c2ncc(CO)c(C)n2)C1. The number of piperidine rings is 1. The van der Waals surface area contributed by atoms with Gasteiger partial charge in [-0.15, -0.1) is 0 Å². The zero-order valence-corrected chi connectivity index (χ0v) is 11.3. The van der Waals surface area contributed by atoms with Gasteiger partial charge in [0.25, 0.3) is 0 Å². The van der Waals surface area contributed by atoms with Gasteiger partial charge in [-0.05, 0) is 26.7 Å². The molecule has 18 heavy (non-hydrogen) atoms. The van der Waals surface area contributed by atoms with Crippen LogP contribution in [-0.4, -0.2) is 40.9 Å². The number of ether oxygens (including phenoxy) is 1. The zero-order valence-electron chi connectivity index (χ0n) is 11.3. The van der Waals surface area contributed by atoms with E-state index in [4.69, 9.17) is 9.84 Å². The lowest BCUT2D eigenvalue weighted by molar-refractivity contribution is -0.00499. The predicted molar refractivity (Wildman–Crippen MR) is 69.6 cm³/mol. The number of methoxy groups -OCH3 is 1. The van der Waals surface area contributed by atoms with Crippen LogP contribution in [0.5, 0.6) is 0 Å². The maximum absolute atomic E-state index is 9.13. The molecule has 1 unspecified atom stereocenters. The van der Waals surface area contributed by atoms with Gasteiger partial charge in [0.2, 0.25) is 5.95 Å². The van der Waals surface area contributed by atoms with Crippen molar-refractivity contribution in [3.63, 3.8) is 0 Å². The first kappa shape index (κ1) is 13.2. The third kappa shape index (κ3) is 2.62. The highest BCUT2D eigenvalue weighted by Gasteiger charge is 2.31. The predicted octanol–water partition coefficient (Wildman–Crippen LogP) is 1.28. The molecule has 2 heterocycles. The standard InChI is InChI=1S/C13H21N3O2/c1-10-11(8-17)7-14-12(15-10)16-6-4-5-13(2,9-16)18-3/h7,17H,4-6,8-9H2,1-3H3. The van der Waals surface area contributed by atoms with E-state index >= 15 is 0 Å². The van der Waals surface area contributed by atoms with Crippen LogP contribution in [0.15, 0.2) is 6.20 Å². The molecule has 1 aliphatic rings. The average Bonchev–Trinajstić information content (AvgIpc) is 2.39. The fourth-order valence-corrected chi connectivity index (χ4v) is 2.33. The summed E-state index contributed by atoms with van der Waals surface area (Å²) in [7, 11) is 1.75. The lowest BCUT2D eigenvalue weighted by atomic mass is 9.95. The van der Waals surface area contributed by atoms with Crippen molar-refractivity contribution < 1.29 is 9.84 Å². The summed E-state index contributed by atoms with van der Waals surface area (Å²) in [6, 6.07) is 0. The Balaban J connectivity index is 2.18. The van der Waals surface area contributed by atoms with Crippen molar-refractivity contribution in [1.82, 2.24) is 9.97 Å². The second kappa shape index (κ2) is 5.20. The van der Waals surface area contributed by atoms with Crippen LogP contribution in [0.2, 0.25) is 0 Å². The van der Waals surface area contributed by atoms with Crippen LogP contribution in [-0.2, 0) is 11.3 Å². The molecular formula is C13H21N3O2. The molecule has 0 aromatic carbocycles. The quantitative estimate of drug-likeness (QED) is 0.877. The Morgan fingerprint density at radius 2 is 2.33 bits per heavy atom. The van der Waals surface area contributed by atoms with Crippen LogP contribution in [0, 0.1) is 6.92 Å². The molecule has 0 radical (unpaired) electrons. The largest absolute Gasteiger partial charge is 0.392 e. The van der Waals surface area contributed by atoms with Crippen LogP contribution in [0.25, 0.3) is 0 Å². The number of aliphatic hydroxyl groups excluding tert-OH is 1. The molecule has 0 bridgehead atoms. The van der Waals surface area contributed by atoms with Crippen molar-refractivity contribution in [1.29, 1.82) is 0 Å². The second-order valence-corrected chi connectivity index (χ2v) is 5.12. The monoisotopic (exact) mass is 251 g/mol. The van der Waals surface area contributed by atoms with Gasteiger partial charge in [0.1, 0.15) is 0 Å². The number of hydrogen-bond donors (Lipinski definition) is 1. The molecular weight excluding hydrogens is 230 g/mol. The highest BCUT2D eigenvalue weighted by atomic mass is 16.5. The van der Waals surface area contributed by atoms with E-state index in [1.165, 1.54) is 0 Å². The first-order valence-electron chi connectivity index (χ1n) is 6.31. The van der Waals surface area contributed by atoms with Gasteiger partial charge >= 0.3 is 0 Å². The Bertz CT molecular complexity index is 425. The minimum Gasteiger partial charge on any atom is -0.392 e. The Labute approximate surface area is 108 Å². The van der Waals surface area contributed by atoms with E-state index in [-0.39, 0.29) is 12.2 Å². The summed E-state index contributed by atoms with van der Waals surface area (Å²) in [5.74, 6) is 0.729. The van der Waals surface area contributed by atoms with Gasteiger partial charge in [-0.25, -0.2) is 9.97 Å². The summed E-state index contributed by atoms with van der Waals surface area (Å²) in [4.78, 5) is 11.0. The molecule has 100 valence electrons. The summed E-state index contributed by atoms with van der Waals surface area (Å²) in [5, 5.41) is 9.13. The van der Waals surface area contributed by atoms with Crippen molar-refractivity contribution in [3.8, 4) is 0 Å². The molecule has 1 saturated heterocycles. The summed E-state index contributed by atoms with van der Waals surface area (Å²) in [5.41, 5.74) is 1.50. The van der Waals surface area contributed by atoms with Gasteiger partial charge in [-0.1, -0.05) is 0 Å². The second-order valence-electron chi connectivity index (χ2n) is 5.12. The van der Waals surface area contributed by atoms with Gasteiger partial charge in [0.15, 0.2) is 0 Å². The molecule has 0 spiro atoms. The van der Waals surface area contributed by atoms with Gasteiger partial charge in [0.05, 0.1) is 12.2 Å². The fraction of sp³-hybridized carbons (Fsp3) is 0.692. The number of anilines is 1. The topological polar surface area (TPSA) is 58.5 Å². The minimum absolute atomic E-state index is 0.0120. The van der Waals surface area contributed by atoms with Crippen LogP contribution in [0.1, 0.15) is 31.0 Å². The van der Waals surface area contributed by atoms with E-state index in [9.17, 15) is 0 Å². The van der Waals surface area contributed by atoms with Gasteiger partial charge in [-0.3, -0.25) is 0 Å². The van der Waals surface area contributed by atoms with E-state index in [1.54, 1.807) is 13.3 Å². The molecule has 2 rings (SSSR count). The van der Waals surface area contributed by atoms with E-state index in [0.717, 1.165) is 43.1 Å². The van der Waals surface area contributed by atoms with Crippen molar-refractivity contribution in [2.75, 3.05) is 25.1 Å². The number of nitrogens with zero attached hydrogens (tertiary/aromatic N) is 3. The number of hydrogen-bond acceptors (Lipinski definition) is 5. The summed E-state index contributed by atoms with van der Waals surface area (Å²) < 4.78 is 5.57. The van der Waals surface area contributed by atoms with Crippen LogP contribution in [0.3, 0.4) is 0 Å². The van der Waals surface area contributed by atoms with E-state index in [0.29, 0.717) is 0 Å². The number of aliphatic hydroxyl groups is 1. The van der Waals surface area contributed by atoms with Gasteiger partial charge in [-0.2, -0.15) is 0 Å². The van der Waals surface area contributed by atoms with Gasteiger partial charge in [0, 0.05) is 37.7 Å². The molecule has 5 heteroatoms. The number of rotatable bonds is 3. The highest BCUT2D eigenvalue weighted by Crippen LogP contribution is 2.26. The molecule has 1 N–H and O–H groups in total. The van der Waals surface area contributed by atoms with Crippen molar-refractivity contribution in [2.45, 2.75) is 38.9 Å². The smallest absolute Gasteiger partial charge is 0.225 e. The first-order chi connectivity index (χ1) is 8.58. The molecule has 1 atom stereocenters. The van der Waals surface area contributed by atoms with E-state index in [2.05, 4.69) is 21.8 Å². The molecule has 5 nitrogen and oxygen atoms in total. The van der Waals surface area contributed by atoms with Crippen LogP contribution < -0.4 is 4.90 Å². The lowest BCUT2D eigenvalue weighted by Crippen LogP contribution is -2.48. The molecule has 0 amide bonds. The van der Waals surface area contributed by atoms with Crippen LogP contribution >= 0.6 is 0 Å². The summed E-state index contributed by atoms with van der Waals surface area (Å²) in [6.45, 7) is 5.77. The third-order valence-electron chi connectivity index (χ3n) is 3.67. The first-order valence-corrected chi connectivity index (χ1v) is 6.31. The van der Waals surface area contributed by atoms with Crippen LogP contribution in [0.4, 0.5) is 5.95 Å². The highest BCUT2D eigenvalue weighted by molar-refractivity contribution is 5.34. The lowest BCUT2D eigenvalue weighted by Gasteiger charge is -2.39. The Morgan fingerprint density at radius 3 is 2.94 bits per heavy atom. The number of aryl methyl sites for hydroxylation is 1. The fourth-order valence-electron chi connectivity index (χ4n) is 2.33. The summed E-state index contributed by atoms with van der Waals surface area (Å²) in [6.07, 6.45) is 3.85. The molecule has 1 aromatic heterocycles. The zero-order chi connectivity index (χ0) is 13.2. The van der Waals surface area contributed by atoms with Crippen molar-refractivity contribution in [3.05, 3.63) is 17.5 Å².